The van der Waals surface area contributed by atoms with Gasteiger partial charge in [0.15, 0.2) is 6.10 Å². The van der Waals surface area contributed by atoms with Gasteiger partial charge in [-0.2, -0.15) is 0 Å². The number of rotatable bonds is 7. The summed E-state index contributed by atoms with van der Waals surface area (Å²) in [5.41, 5.74) is 0.952. The van der Waals surface area contributed by atoms with Gasteiger partial charge < -0.3 is 14.8 Å². The highest BCUT2D eigenvalue weighted by Gasteiger charge is 2.18. The molecule has 1 atom stereocenters. The summed E-state index contributed by atoms with van der Waals surface area (Å²) in [5.74, 6) is -0.685. The molecule has 0 saturated carbocycles. The van der Waals surface area contributed by atoms with Gasteiger partial charge in [0.2, 0.25) is 0 Å². The molecule has 0 saturated heterocycles. The molecule has 0 heterocycles. The molecule has 0 aliphatic heterocycles. The Kier molecular flexibility index (Phi) is 6.51. The second-order valence-electron chi connectivity index (χ2n) is 5.26. The third kappa shape index (κ3) is 5.31. The molecule has 0 aliphatic rings. The monoisotopic (exact) mass is 345 g/mol. The zero-order valence-electron chi connectivity index (χ0n) is 14.1. The molecular formula is C19H20FNO4. The van der Waals surface area contributed by atoms with E-state index >= 15 is 0 Å². The molecule has 2 aromatic carbocycles. The Morgan fingerprint density at radius 3 is 2.24 bits per heavy atom. The molecular weight excluding hydrogens is 325 g/mol. The molecule has 0 fully saturated rings. The maximum atomic E-state index is 12.9. The molecule has 132 valence electrons. The number of benzene rings is 2. The number of amides is 1. The first-order valence-corrected chi connectivity index (χ1v) is 8.03. The van der Waals surface area contributed by atoms with Crippen LogP contribution in [-0.2, 0) is 9.53 Å². The average molecular weight is 345 g/mol. The number of anilines is 1. The van der Waals surface area contributed by atoms with Crippen LogP contribution in [0.15, 0.2) is 48.5 Å². The standard InChI is InChI=1S/C19H20FNO4/c1-3-17(25-16-11-7-14(20)8-12-16)18(22)21-15-9-5-13(6-10-15)19(23)24-4-2/h5-12,17H,3-4H2,1-2H3,(H,21,22)/t17-/m1/s1. The van der Waals surface area contributed by atoms with Crippen molar-refractivity contribution in [2.24, 2.45) is 0 Å². The second-order valence-corrected chi connectivity index (χ2v) is 5.26. The van der Waals surface area contributed by atoms with Crippen molar-refractivity contribution in [3.05, 3.63) is 59.9 Å². The number of carbonyl (C=O) groups is 2. The van der Waals surface area contributed by atoms with E-state index in [-0.39, 0.29) is 11.7 Å². The topological polar surface area (TPSA) is 64.6 Å². The van der Waals surface area contributed by atoms with Crippen LogP contribution in [0.2, 0.25) is 0 Å². The molecule has 0 aromatic heterocycles. The van der Waals surface area contributed by atoms with Gasteiger partial charge in [-0.05, 0) is 61.9 Å². The van der Waals surface area contributed by atoms with E-state index in [9.17, 15) is 14.0 Å². The second kappa shape index (κ2) is 8.82. The summed E-state index contributed by atoms with van der Waals surface area (Å²) in [5, 5.41) is 2.73. The smallest absolute Gasteiger partial charge is 0.338 e. The summed E-state index contributed by atoms with van der Waals surface area (Å²) in [6.45, 7) is 3.85. The van der Waals surface area contributed by atoms with Gasteiger partial charge in [-0.3, -0.25) is 4.79 Å². The van der Waals surface area contributed by atoms with E-state index in [4.69, 9.17) is 9.47 Å². The van der Waals surface area contributed by atoms with Crippen molar-refractivity contribution in [2.45, 2.75) is 26.4 Å². The lowest BCUT2D eigenvalue weighted by Gasteiger charge is -2.17. The third-order valence-corrected chi connectivity index (χ3v) is 3.42. The summed E-state index contributed by atoms with van der Waals surface area (Å²) < 4.78 is 23.4. The number of ether oxygens (including phenoxy) is 2. The summed E-state index contributed by atoms with van der Waals surface area (Å²) in [6, 6.07) is 11.9. The quantitative estimate of drug-likeness (QED) is 0.775. The van der Waals surface area contributed by atoms with Crippen LogP contribution >= 0.6 is 0 Å². The van der Waals surface area contributed by atoms with Crippen molar-refractivity contribution in [2.75, 3.05) is 11.9 Å². The van der Waals surface area contributed by atoms with E-state index in [0.717, 1.165) is 0 Å². The normalized spacial score (nSPS) is 11.5. The van der Waals surface area contributed by atoms with Crippen LogP contribution in [0.4, 0.5) is 10.1 Å². The van der Waals surface area contributed by atoms with Gasteiger partial charge in [0, 0.05) is 5.69 Å². The van der Waals surface area contributed by atoms with E-state index in [1.54, 1.807) is 31.2 Å². The highest BCUT2D eigenvalue weighted by Crippen LogP contribution is 2.16. The summed E-state index contributed by atoms with van der Waals surface area (Å²) in [6.07, 6.45) is -0.264. The molecule has 25 heavy (non-hydrogen) atoms. The fourth-order valence-corrected chi connectivity index (χ4v) is 2.13. The highest BCUT2D eigenvalue weighted by atomic mass is 19.1. The van der Waals surface area contributed by atoms with Crippen LogP contribution in [0.25, 0.3) is 0 Å². The van der Waals surface area contributed by atoms with E-state index < -0.39 is 12.1 Å². The number of esters is 1. The molecule has 0 unspecified atom stereocenters. The van der Waals surface area contributed by atoms with E-state index in [1.165, 1.54) is 24.3 Å². The minimum Gasteiger partial charge on any atom is -0.481 e. The first-order chi connectivity index (χ1) is 12.0. The van der Waals surface area contributed by atoms with Crippen LogP contribution < -0.4 is 10.1 Å². The summed E-state index contributed by atoms with van der Waals surface area (Å²) in [4.78, 5) is 23.9. The van der Waals surface area contributed by atoms with Crippen LogP contribution in [-0.4, -0.2) is 24.6 Å². The van der Waals surface area contributed by atoms with Crippen molar-refractivity contribution >= 4 is 17.6 Å². The van der Waals surface area contributed by atoms with Gasteiger partial charge in [0.05, 0.1) is 12.2 Å². The Balaban J connectivity index is 1.99. The van der Waals surface area contributed by atoms with E-state index in [1.807, 2.05) is 6.92 Å². The molecule has 5 nitrogen and oxygen atoms in total. The van der Waals surface area contributed by atoms with E-state index in [2.05, 4.69) is 5.32 Å². The molecule has 0 spiro atoms. The lowest BCUT2D eigenvalue weighted by Crippen LogP contribution is -2.32. The average Bonchev–Trinajstić information content (AvgIpc) is 2.62. The zero-order chi connectivity index (χ0) is 18.2. The zero-order valence-corrected chi connectivity index (χ0v) is 14.1. The highest BCUT2D eigenvalue weighted by molar-refractivity contribution is 5.95. The van der Waals surface area contributed by atoms with Crippen LogP contribution in [0.3, 0.4) is 0 Å². The van der Waals surface area contributed by atoms with Crippen molar-refractivity contribution < 1.29 is 23.5 Å². The molecule has 0 bridgehead atoms. The molecule has 6 heteroatoms. The number of nitrogens with one attached hydrogen (secondary N) is 1. The van der Waals surface area contributed by atoms with Gasteiger partial charge in [-0.1, -0.05) is 6.92 Å². The first-order valence-electron chi connectivity index (χ1n) is 8.03. The third-order valence-electron chi connectivity index (χ3n) is 3.42. The molecule has 1 amide bonds. The van der Waals surface area contributed by atoms with Gasteiger partial charge >= 0.3 is 5.97 Å². The lowest BCUT2D eigenvalue weighted by molar-refractivity contribution is -0.122. The van der Waals surface area contributed by atoms with Crippen molar-refractivity contribution in [1.82, 2.24) is 0 Å². The van der Waals surface area contributed by atoms with Crippen molar-refractivity contribution in [3.63, 3.8) is 0 Å². The van der Waals surface area contributed by atoms with Gasteiger partial charge in [0.1, 0.15) is 11.6 Å². The van der Waals surface area contributed by atoms with Crippen molar-refractivity contribution in [1.29, 1.82) is 0 Å². The van der Waals surface area contributed by atoms with Crippen molar-refractivity contribution in [3.8, 4) is 5.75 Å². The van der Waals surface area contributed by atoms with Gasteiger partial charge in [-0.15, -0.1) is 0 Å². The minimum atomic E-state index is -0.713. The molecule has 0 radical (unpaired) electrons. The number of hydrogen-bond acceptors (Lipinski definition) is 4. The Morgan fingerprint density at radius 2 is 1.68 bits per heavy atom. The molecule has 1 N–H and O–H groups in total. The van der Waals surface area contributed by atoms with Gasteiger partial charge in [0.25, 0.3) is 5.91 Å². The summed E-state index contributed by atoms with van der Waals surface area (Å²) >= 11 is 0. The first kappa shape index (κ1) is 18.4. The Morgan fingerprint density at radius 1 is 1.04 bits per heavy atom. The predicted octanol–water partition coefficient (Wildman–Crippen LogP) is 3.80. The fourth-order valence-electron chi connectivity index (χ4n) is 2.13. The molecule has 2 aromatic rings. The predicted molar refractivity (Wildman–Crippen MR) is 92.1 cm³/mol. The maximum absolute atomic E-state index is 12.9. The van der Waals surface area contributed by atoms with Gasteiger partial charge in [-0.25, -0.2) is 9.18 Å². The van der Waals surface area contributed by atoms with Crippen LogP contribution in [0.1, 0.15) is 30.6 Å². The molecule has 0 aliphatic carbocycles. The lowest BCUT2D eigenvalue weighted by atomic mass is 10.2. The Labute approximate surface area is 145 Å². The summed E-state index contributed by atoms with van der Waals surface area (Å²) in [7, 11) is 0. The van der Waals surface area contributed by atoms with E-state index in [0.29, 0.717) is 30.0 Å². The minimum absolute atomic E-state index is 0.302. The number of carbonyl (C=O) groups excluding carboxylic acids is 2. The fraction of sp³-hybridized carbons (Fsp3) is 0.263. The molecule has 2 rings (SSSR count). The SMILES string of the molecule is CCOC(=O)c1ccc(NC(=O)[C@@H](CC)Oc2ccc(F)cc2)cc1. The number of halogens is 1. The largest absolute Gasteiger partial charge is 0.481 e. The van der Waals surface area contributed by atoms with Crippen LogP contribution in [0.5, 0.6) is 5.75 Å². The maximum Gasteiger partial charge on any atom is 0.338 e. The Hall–Kier alpha value is -2.89. The number of hydrogen-bond donors (Lipinski definition) is 1. The van der Waals surface area contributed by atoms with Crippen LogP contribution in [0, 0.1) is 5.82 Å². The Bertz CT molecular complexity index is 713.